The molecule has 0 spiro atoms. The molecule has 0 unspecified atom stereocenters. The molecule has 0 aliphatic carbocycles. The van der Waals surface area contributed by atoms with Gasteiger partial charge in [-0.15, -0.1) is 0 Å². The Labute approximate surface area is 89.6 Å². The first kappa shape index (κ1) is 9.71. The van der Waals surface area contributed by atoms with Gasteiger partial charge in [-0.25, -0.2) is 0 Å². The van der Waals surface area contributed by atoms with E-state index in [1.54, 1.807) is 6.20 Å². The number of hydrogen-bond acceptors (Lipinski definition) is 2. The lowest BCUT2D eigenvalue weighted by Gasteiger charge is -2.04. The van der Waals surface area contributed by atoms with E-state index in [1.165, 1.54) is 0 Å². The molecule has 0 aliphatic rings. The van der Waals surface area contributed by atoms with E-state index >= 15 is 0 Å². The van der Waals surface area contributed by atoms with E-state index in [0.717, 1.165) is 16.9 Å². The third-order valence-corrected chi connectivity index (χ3v) is 2.11. The second-order valence-corrected chi connectivity index (χ2v) is 3.13. The van der Waals surface area contributed by atoms with Gasteiger partial charge in [0.2, 0.25) is 0 Å². The van der Waals surface area contributed by atoms with Gasteiger partial charge in [0.25, 0.3) is 0 Å². The van der Waals surface area contributed by atoms with Crippen LogP contribution in [0.2, 0.25) is 0 Å². The molecule has 0 bridgehead atoms. The number of pyridine rings is 1. The highest BCUT2D eigenvalue weighted by atomic mass is 16.5. The van der Waals surface area contributed by atoms with Gasteiger partial charge in [0.1, 0.15) is 5.75 Å². The summed E-state index contributed by atoms with van der Waals surface area (Å²) in [6, 6.07) is 11.8. The summed E-state index contributed by atoms with van der Waals surface area (Å²) < 4.78 is 5.37. The van der Waals surface area contributed by atoms with Gasteiger partial charge >= 0.3 is 0 Å². The van der Waals surface area contributed by atoms with Crippen LogP contribution in [0.1, 0.15) is 6.92 Å². The van der Waals surface area contributed by atoms with Crippen molar-refractivity contribution in [3.8, 4) is 16.9 Å². The van der Waals surface area contributed by atoms with Crippen LogP contribution in [0.25, 0.3) is 11.1 Å². The molecule has 0 atom stereocenters. The normalized spacial score (nSPS) is 9.93. The number of benzene rings is 1. The van der Waals surface area contributed by atoms with E-state index in [2.05, 4.69) is 11.2 Å². The van der Waals surface area contributed by atoms with Gasteiger partial charge in [-0.3, -0.25) is 4.98 Å². The van der Waals surface area contributed by atoms with E-state index in [1.807, 2.05) is 43.3 Å². The van der Waals surface area contributed by atoms with Crippen molar-refractivity contribution in [2.24, 2.45) is 0 Å². The maximum absolute atomic E-state index is 5.37. The molecule has 1 heterocycles. The molecule has 0 aliphatic heterocycles. The minimum absolute atomic E-state index is 0.696. The van der Waals surface area contributed by atoms with Gasteiger partial charge < -0.3 is 4.74 Å². The molecule has 2 aromatic rings. The van der Waals surface area contributed by atoms with Crippen LogP contribution in [-0.2, 0) is 0 Å². The summed E-state index contributed by atoms with van der Waals surface area (Å²) >= 11 is 0. The third kappa shape index (κ3) is 2.34. The summed E-state index contributed by atoms with van der Waals surface area (Å²) in [7, 11) is 0. The molecule has 2 heteroatoms. The molecule has 2 rings (SSSR count). The smallest absolute Gasteiger partial charge is 0.119 e. The highest BCUT2D eigenvalue weighted by molar-refractivity contribution is 5.62. The summed E-state index contributed by atoms with van der Waals surface area (Å²) in [4.78, 5) is 3.96. The van der Waals surface area contributed by atoms with Crippen LogP contribution in [0, 0.1) is 6.20 Å². The average molecular weight is 198 g/mol. The molecule has 1 aromatic carbocycles. The fourth-order valence-electron chi connectivity index (χ4n) is 1.40. The lowest BCUT2D eigenvalue weighted by atomic mass is 10.1. The second-order valence-electron chi connectivity index (χ2n) is 3.13. The van der Waals surface area contributed by atoms with Crippen molar-refractivity contribution < 1.29 is 4.74 Å². The van der Waals surface area contributed by atoms with Gasteiger partial charge in [-0.1, -0.05) is 18.2 Å². The molecule has 0 N–H and O–H groups in total. The standard InChI is InChI=1S/C13H12NO/c1-2-15-13-7-5-11(6-8-13)12-4-3-9-14-10-12/h3-8,10H,2H2,1H3. The van der Waals surface area contributed by atoms with Gasteiger partial charge in [0.05, 0.1) is 12.8 Å². The van der Waals surface area contributed by atoms with Crippen LogP contribution < -0.4 is 4.74 Å². The summed E-state index contributed by atoms with van der Waals surface area (Å²) in [5.41, 5.74) is 2.23. The summed E-state index contributed by atoms with van der Waals surface area (Å²) in [6.07, 6.45) is 4.56. The summed E-state index contributed by atoms with van der Waals surface area (Å²) in [5, 5.41) is 0. The molecular formula is C13H12NO. The largest absolute Gasteiger partial charge is 0.494 e. The van der Waals surface area contributed by atoms with Crippen molar-refractivity contribution in [2.75, 3.05) is 6.61 Å². The zero-order valence-electron chi connectivity index (χ0n) is 8.60. The van der Waals surface area contributed by atoms with Crippen LogP contribution in [0.5, 0.6) is 5.75 Å². The predicted octanol–water partition coefficient (Wildman–Crippen LogP) is 2.95. The van der Waals surface area contributed by atoms with Crippen LogP contribution >= 0.6 is 0 Å². The van der Waals surface area contributed by atoms with Crippen molar-refractivity contribution in [3.63, 3.8) is 0 Å². The lowest BCUT2D eigenvalue weighted by Crippen LogP contribution is -1.90. The van der Waals surface area contributed by atoms with Gasteiger partial charge in [-0.2, -0.15) is 0 Å². The number of aromatic nitrogens is 1. The Morgan fingerprint density at radius 3 is 2.53 bits per heavy atom. The maximum Gasteiger partial charge on any atom is 0.119 e. The Hall–Kier alpha value is -1.83. The highest BCUT2D eigenvalue weighted by Crippen LogP contribution is 2.21. The fraction of sp³-hybridized carbons (Fsp3) is 0.154. The van der Waals surface area contributed by atoms with E-state index < -0.39 is 0 Å². The molecule has 1 radical (unpaired) electrons. The molecule has 0 saturated heterocycles. The van der Waals surface area contributed by atoms with E-state index in [9.17, 15) is 0 Å². The Balaban J connectivity index is 2.24. The minimum atomic E-state index is 0.696. The molecule has 0 saturated carbocycles. The minimum Gasteiger partial charge on any atom is -0.494 e. The summed E-state index contributed by atoms with van der Waals surface area (Å²) in [5.74, 6) is 0.900. The van der Waals surface area contributed by atoms with Crippen LogP contribution in [-0.4, -0.2) is 11.6 Å². The van der Waals surface area contributed by atoms with Crippen molar-refractivity contribution in [2.45, 2.75) is 6.92 Å². The predicted molar refractivity (Wildman–Crippen MR) is 59.7 cm³/mol. The second kappa shape index (κ2) is 4.60. The first-order valence-electron chi connectivity index (χ1n) is 4.95. The zero-order valence-corrected chi connectivity index (χ0v) is 8.60. The van der Waals surface area contributed by atoms with Crippen LogP contribution in [0.15, 0.2) is 42.6 Å². The molecule has 15 heavy (non-hydrogen) atoms. The average Bonchev–Trinajstić information content (AvgIpc) is 2.32. The molecule has 0 amide bonds. The number of ether oxygens (including phenoxy) is 1. The molecule has 0 fully saturated rings. The quantitative estimate of drug-likeness (QED) is 0.756. The Morgan fingerprint density at radius 2 is 1.93 bits per heavy atom. The molecule has 75 valence electrons. The van der Waals surface area contributed by atoms with E-state index in [4.69, 9.17) is 4.74 Å². The number of nitrogens with zero attached hydrogens (tertiary/aromatic N) is 1. The van der Waals surface area contributed by atoms with Crippen LogP contribution in [0.4, 0.5) is 0 Å². The SMILES string of the molecule is CCOc1ccc(-c2cc[c]nc2)cc1. The fourth-order valence-corrected chi connectivity index (χ4v) is 1.40. The first-order valence-corrected chi connectivity index (χ1v) is 4.95. The molecule has 1 aromatic heterocycles. The lowest BCUT2D eigenvalue weighted by molar-refractivity contribution is 0.340. The number of rotatable bonds is 3. The van der Waals surface area contributed by atoms with Crippen molar-refractivity contribution >= 4 is 0 Å². The van der Waals surface area contributed by atoms with Gasteiger partial charge in [0.15, 0.2) is 0 Å². The third-order valence-electron chi connectivity index (χ3n) is 2.11. The highest BCUT2D eigenvalue weighted by Gasteiger charge is 1.97. The van der Waals surface area contributed by atoms with Crippen LogP contribution in [0.3, 0.4) is 0 Å². The monoisotopic (exact) mass is 198 g/mol. The van der Waals surface area contributed by atoms with Gasteiger partial charge in [-0.05, 0) is 30.7 Å². The Bertz CT molecular complexity index is 408. The van der Waals surface area contributed by atoms with E-state index in [-0.39, 0.29) is 0 Å². The number of hydrogen-bond donors (Lipinski definition) is 0. The first-order chi connectivity index (χ1) is 7.40. The molecule has 2 nitrogen and oxygen atoms in total. The summed E-state index contributed by atoms with van der Waals surface area (Å²) in [6.45, 7) is 2.67. The zero-order chi connectivity index (χ0) is 10.5. The van der Waals surface area contributed by atoms with Crippen molar-refractivity contribution in [3.05, 3.63) is 48.8 Å². The van der Waals surface area contributed by atoms with Crippen molar-refractivity contribution in [1.82, 2.24) is 4.98 Å². The van der Waals surface area contributed by atoms with Gasteiger partial charge in [0, 0.05) is 11.8 Å². The molecular weight excluding hydrogens is 186 g/mol. The maximum atomic E-state index is 5.37. The van der Waals surface area contributed by atoms with E-state index in [0.29, 0.717) is 6.61 Å². The van der Waals surface area contributed by atoms with Crippen molar-refractivity contribution in [1.29, 1.82) is 0 Å². The topological polar surface area (TPSA) is 22.1 Å². The Morgan fingerprint density at radius 1 is 1.13 bits per heavy atom. The Kier molecular flexibility index (Phi) is 2.98.